The third-order valence-electron chi connectivity index (χ3n) is 12.8. The number of aromatic nitrogens is 8. The summed E-state index contributed by atoms with van der Waals surface area (Å²) in [6.45, 7) is 12.7. The van der Waals surface area contributed by atoms with Crippen LogP contribution in [0.2, 0.25) is 0 Å². The van der Waals surface area contributed by atoms with E-state index < -0.39 is 47.4 Å². The summed E-state index contributed by atoms with van der Waals surface area (Å²) in [5.41, 5.74) is 20.7. The van der Waals surface area contributed by atoms with E-state index in [1.54, 1.807) is 63.7 Å². The maximum Gasteiger partial charge on any atom is 0.276 e. The number of carbonyl (C=O) groups is 8. The van der Waals surface area contributed by atoms with Gasteiger partial charge in [0.2, 0.25) is 35.5 Å². The zero-order valence-electron chi connectivity index (χ0n) is 46.3. The molecule has 0 saturated carbocycles. The molecule has 2 aromatic carbocycles. The van der Waals surface area contributed by atoms with Crippen molar-refractivity contribution in [2.75, 3.05) is 51.0 Å². The second kappa shape index (κ2) is 27.4. The number of unbranched alkanes of at least 4 members (excludes halogenated alkanes) is 1. The smallest absolute Gasteiger partial charge is 0.276 e. The lowest BCUT2D eigenvalue weighted by Gasteiger charge is -2.25. The number of rotatable bonds is 27. The van der Waals surface area contributed by atoms with Gasteiger partial charge in [-0.25, -0.2) is 9.97 Å². The highest BCUT2D eigenvalue weighted by atomic mass is 16.5. The minimum Gasteiger partial charge on any atom is -0.494 e. The van der Waals surface area contributed by atoms with Crippen molar-refractivity contribution in [3.8, 4) is 11.5 Å². The number of benzene rings is 2. The van der Waals surface area contributed by atoms with Crippen molar-refractivity contribution in [2.45, 2.75) is 106 Å². The number of primary amides is 2. The Labute approximate surface area is 461 Å². The topological polar surface area (TPSA) is 347 Å². The summed E-state index contributed by atoms with van der Waals surface area (Å²) >= 11 is 0. The zero-order chi connectivity index (χ0) is 58.4. The SMILES string of the molecule is CC.CCn1nc(C)cc1C(=O)Nc1nc2cc(C(N)=O)cc(OC)c2n1C/C=C/Cn1c(NC(=O)c2cc(C)nn2CC)nc2cc(C(N)=O)cc(OCCCN(C)C(=O)C(CCCCN)NC(=O)CCN3C(=O)C=CC3=O)c21. The number of fused-ring (bicyclic) bond motifs is 2. The Balaban J connectivity index is 0.00000510. The third kappa shape index (κ3) is 14.1. The van der Waals surface area contributed by atoms with Crippen LogP contribution in [0, 0.1) is 13.8 Å². The average molecular weight is 1100 g/mol. The van der Waals surface area contributed by atoms with Crippen LogP contribution in [-0.2, 0) is 45.4 Å². The van der Waals surface area contributed by atoms with Crippen molar-refractivity contribution in [3.05, 3.63) is 94.6 Å². The molecule has 1 unspecified atom stereocenters. The van der Waals surface area contributed by atoms with Crippen LogP contribution in [0.4, 0.5) is 11.9 Å². The number of methoxy groups -OCH3 is 1. The number of imide groups is 1. The van der Waals surface area contributed by atoms with Crippen LogP contribution in [0.25, 0.3) is 22.1 Å². The van der Waals surface area contributed by atoms with Crippen molar-refractivity contribution in [3.63, 3.8) is 0 Å². The van der Waals surface area contributed by atoms with Crippen molar-refractivity contribution >= 4 is 81.2 Å². The lowest BCUT2D eigenvalue weighted by molar-refractivity contribution is -0.138. The number of likely N-dealkylation sites (N-methyl/N-ethyl adjacent to an activating group) is 1. The monoisotopic (exact) mass is 1100 g/mol. The standard InChI is InChI=1S/C52H64N16O10.C2H6/c1-7-67-37(24-30(3)61-67)48(74)59-51-57-35-26-32(46(54)72)28-39(77-6)44(35)65(51)20-11-12-21-66-45-36(58-52(66)60-49(75)38-25-31(4)62-68(38)8-2)27-33(47(55)73)29-40(45)78-23-13-19-63(5)50(76)34(14-9-10-18-53)56-41(69)17-22-64-42(70)15-16-43(64)71;1-2/h11-12,15-16,24-29,34H,7-10,13-14,17-23,53H2,1-6H3,(H2,54,72)(H2,55,73)(H,56,69)(H,57,59,74)(H,58,60,75);1-2H3/b12-11+;. The number of anilines is 2. The fourth-order valence-electron chi connectivity index (χ4n) is 8.93. The highest BCUT2D eigenvalue weighted by Gasteiger charge is 2.28. The van der Waals surface area contributed by atoms with Crippen molar-refractivity contribution in [1.29, 1.82) is 0 Å². The maximum absolute atomic E-state index is 14.0. The molecule has 6 aromatic rings. The number of carbonyl (C=O) groups excluding carboxylic acids is 8. The first-order chi connectivity index (χ1) is 38.3. The third-order valence-corrected chi connectivity index (χ3v) is 12.8. The molecular weight excluding hydrogens is 1030 g/mol. The summed E-state index contributed by atoms with van der Waals surface area (Å²) < 4.78 is 18.6. The van der Waals surface area contributed by atoms with Crippen LogP contribution in [0.3, 0.4) is 0 Å². The summed E-state index contributed by atoms with van der Waals surface area (Å²) in [4.78, 5) is 116. The molecule has 0 saturated heterocycles. The molecule has 26 heteroatoms. The Hall–Kier alpha value is -9.20. The van der Waals surface area contributed by atoms with Crippen LogP contribution >= 0.6 is 0 Å². The van der Waals surface area contributed by atoms with Gasteiger partial charge >= 0.3 is 0 Å². The number of nitrogens with zero attached hydrogens (tertiary/aromatic N) is 10. The second-order valence-electron chi connectivity index (χ2n) is 18.3. The number of allylic oxidation sites excluding steroid dienone is 2. The van der Waals surface area contributed by atoms with E-state index in [1.807, 2.05) is 27.7 Å². The minimum atomic E-state index is -0.906. The summed E-state index contributed by atoms with van der Waals surface area (Å²) in [6.07, 6.45) is 7.39. The summed E-state index contributed by atoms with van der Waals surface area (Å²) in [5.74, 6) is -3.71. The molecule has 8 amide bonds. The Morgan fingerprint density at radius 1 is 0.725 bits per heavy atom. The van der Waals surface area contributed by atoms with Gasteiger partial charge in [-0.15, -0.1) is 0 Å². The van der Waals surface area contributed by atoms with E-state index in [4.69, 9.17) is 36.6 Å². The Morgan fingerprint density at radius 2 is 1.23 bits per heavy atom. The van der Waals surface area contributed by atoms with Gasteiger partial charge in [-0.1, -0.05) is 26.0 Å². The second-order valence-corrected chi connectivity index (χ2v) is 18.3. The van der Waals surface area contributed by atoms with Crippen molar-refractivity contribution in [2.24, 2.45) is 17.2 Å². The molecule has 7 rings (SSSR count). The minimum absolute atomic E-state index is 0.0167. The van der Waals surface area contributed by atoms with E-state index in [-0.39, 0.29) is 97.3 Å². The predicted molar refractivity (Wildman–Crippen MR) is 298 cm³/mol. The van der Waals surface area contributed by atoms with Crippen LogP contribution in [0.1, 0.15) is 113 Å². The van der Waals surface area contributed by atoms with E-state index in [9.17, 15) is 38.4 Å². The molecule has 0 spiro atoms. The highest BCUT2D eigenvalue weighted by Crippen LogP contribution is 2.33. The lowest BCUT2D eigenvalue weighted by atomic mass is 10.1. The van der Waals surface area contributed by atoms with Crippen LogP contribution in [0.15, 0.2) is 60.7 Å². The van der Waals surface area contributed by atoms with Crippen molar-refractivity contribution < 1.29 is 47.8 Å². The molecule has 4 aromatic heterocycles. The van der Waals surface area contributed by atoms with Crippen molar-refractivity contribution in [1.82, 2.24) is 53.8 Å². The zero-order valence-corrected chi connectivity index (χ0v) is 46.3. The van der Waals surface area contributed by atoms with Gasteiger partial charge in [0.15, 0.2) is 0 Å². The molecule has 0 fully saturated rings. The molecule has 9 N–H and O–H groups in total. The molecule has 0 aliphatic carbocycles. The molecule has 426 valence electrons. The summed E-state index contributed by atoms with van der Waals surface area (Å²) in [6, 6.07) is 8.33. The van der Waals surface area contributed by atoms with Crippen LogP contribution in [0.5, 0.6) is 11.5 Å². The van der Waals surface area contributed by atoms with Gasteiger partial charge in [-0.3, -0.25) is 63.3 Å². The first-order valence-electron chi connectivity index (χ1n) is 26.4. The Bertz CT molecular complexity index is 3350. The highest BCUT2D eigenvalue weighted by molar-refractivity contribution is 6.13. The lowest BCUT2D eigenvalue weighted by Crippen LogP contribution is -2.48. The quantitative estimate of drug-likeness (QED) is 0.0244. The summed E-state index contributed by atoms with van der Waals surface area (Å²) in [5, 5.41) is 17.4. The molecule has 1 aliphatic rings. The number of amides is 8. The normalized spacial score (nSPS) is 12.5. The molecule has 80 heavy (non-hydrogen) atoms. The number of imidazole rings is 2. The van der Waals surface area contributed by atoms with E-state index in [2.05, 4.69) is 26.1 Å². The van der Waals surface area contributed by atoms with E-state index in [0.29, 0.717) is 72.5 Å². The molecule has 0 radical (unpaired) electrons. The maximum atomic E-state index is 14.0. The van der Waals surface area contributed by atoms with Gasteiger partial charge in [-0.05, 0) is 96.3 Å². The van der Waals surface area contributed by atoms with E-state index in [0.717, 1.165) is 17.1 Å². The van der Waals surface area contributed by atoms with Crippen LogP contribution < -0.4 is 42.6 Å². The average Bonchev–Trinajstić information content (AvgIpc) is 4.42. The molecular formula is C54H70N16O10. The number of hydrogen-bond donors (Lipinski definition) is 6. The number of ether oxygens (including phenoxy) is 2. The number of aryl methyl sites for hydroxylation is 4. The molecule has 26 nitrogen and oxygen atoms in total. The molecule has 0 bridgehead atoms. The summed E-state index contributed by atoms with van der Waals surface area (Å²) in [7, 11) is 3.02. The molecule has 1 atom stereocenters. The Kier molecular flexibility index (Phi) is 20.6. The van der Waals surface area contributed by atoms with Gasteiger partial charge in [0.05, 0.1) is 36.1 Å². The van der Waals surface area contributed by atoms with E-state index in [1.165, 1.54) is 36.3 Å². The largest absolute Gasteiger partial charge is 0.494 e. The fraction of sp³-hybridized carbons (Fsp3) is 0.407. The molecule has 5 heterocycles. The van der Waals surface area contributed by atoms with Gasteiger partial charge in [0.25, 0.3) is 23.6 Å². The van der Waals surface area contributed by atoms with E-state index >= 15 is 0 Å². The first kappa shape index (κ1) is 60.0. The van der Waals surface area contributed by atoms with Crippen LogP contribution in [-0.4, -0.2) is 142 Å². The Morgan fingerprint density at radius 3 is 1.70 bits per heavy atom. The number of hydrogen-bond acceptors (Lipinski definition) is 15. The van der Waals surface area contributed by atoms with Gasteiger partial charge < -0.3 is 46.0 Å². The van der Waals surface area contributed by atoms with Gasteiger partial charge in [0, 0.05) is 76.0 Å². The van der Waals surface area contributed by atoms with Gasteiger partial charge in [0.1, 0.15) is 40.0 Å². The predicted octanol–water partition coefficient (Wildman–Crippen LogP) is 3.59. The molecule has 1 aliphatic heterocycles. The van der Waals surface area contributed by atoms with Gasteiger partial charge in [-0.2, -0.15) is 10.2 Å². The first-order valence-corrected chi connectivity index (χ1v) is 26.4. The fourth-order valence-corrected chi connectivity index (χ4v) is 8.93. The number of nitrogens with two attached hydrogens (primary N) is 3. The number of nitrogens with one attached hydrogen (secondary N) is 3.